The highest BCUT2D eigenvalue weighted by Gasteiger charge is 2.28. The number of aromatic nitrogens is 2. The molecule has 5 nitrogen and oxygen atoms in total. The maximum absolute atomic E-state index is 13.4. The van der Waals surface area contributed by atoms with Crippen LogP contribution in [-0.4, -0.2) is 51.7 Å². The molecule has 2 heterocycles. The van der Waals surface area contributed by atoms with Crippen LogP contribution in [0.3, 0.4) is 0 Å². The van der Waals surface area contributed by atoms with Crippen LogP contribution in [0.15, 0.2) is 48.5 Å². The summed E-state index contributed by atoms with van der Waals surface area (Å²) in [5.41, 5.74) is 7.69. The van der Waals surface area contributed by atoms with Gasteiger partial charge in [0.2, 0.25) is 0 Å². The molecule has 0 saturated carbocycles. The first kappa shape index (κ1) is 22.3. The van der Waals surface area contributed by atoms with Gasteiger partial charge in [0.25, 0.3) is 5.91 Å². The Kier molecular flexibility index (Phi) is 6.47. The summed E-state index contributed by atoms with van der Waals surface area (Å²) >= 11 is 0. The van der Waals surface area contributed by atoms with Gasteiger partial charge in [-0.3, -0.25) is 14.4 Å². The fourth-order valence-corrected chi connectivity index (χ4v) is 4.95. The van der Waals surface area contributed by atoms with Gasteiger partial charge >= 0.3 is 0 Å². The lowest BCUT2D eigenvalue weighted by Crippen LogP contribution is -2.49. The number of benzene rings is 2. The molecule has 1 fully saturated rings. The zero-order valence-electron chi connectivity index (χ0n) is 19.9. The largest absolute Gasteiger partial charge is 0.335 e. The van der Waals surface area contributed by atoms with Gasteiger partial charge in [-0.05, 0) is 57.4 Å². The molecule has 0 N–H and O–H groups in total. The molecule has 1 saturated heterocycles. The first-order valence-electron chi connectivity index (χ1n) is 11.6. The molecule has 1 aliphatic rings. The van der Waals surface area contributed by atoms with Crippen molar-refractivity contribution in [1.82, 2.24) is 19.6 Å². The predicted molar refractivity (Wildman–Crippen MR) is 130 cm³/mol. The summed E-state index contributed by atoms with van der Waals surface area (Å²) in [6.45, 7) is 14.6. The summed E-state index contributed by atoms with van der Waals surface area (Å²) in [5.74, 6) is 0.0834. The Morgan fingerprint density at radius 1 is 0.969 bits per heavy atom. The van der Waals surface area contributed by atoms with E-state index in [9.17, 15) is 4.79 Å². The predicted octanol–water partition coefficient (Wildman–Crippen LogP) is 5.01. The summed E-state index contributed by atoms with van der Waals surface area (Å²) in [4.78, 5) is 17.9. The van der Waals surface area contributed by atoms with Gasteiger partial charge in [0.05, 0.1) is 5.69 Å². The lowest BCUT2D eigenvalue weighted by Gasteiger charge is -2.38. The second kappa shape index (κ2) is 9.29. The molecular weight excluding hydrogens is 396 g/mol. The fraction of sp³-hybridized carbons (Fsp3) is 0.407. The van der Waals surface area contributed by atoms with E-state index in [4.69, 9.17) is 5.10 Å². The molecule has 1 amide bonds. The standard InChI is InChI=1S/C27H34N4O/c1-6-31-25(18-24(28-31)26-20(3)16-19(2)17-21(26)4)27(32)30-14-12-29(13-15-30)22(5)23-10-8-7-9-11-23/h7-11,16-18,22H,6,12-15H2,1-5H3. The second-order valence-corrected chi connectivity index (χ2v) is 8.92. The van der Waals surface area contributed by atoms with Crippen LogP contribution in [0.25, 0.3) is 11.3 Å². The van der Waals surface area contributed by atoms with E-state index in [0.717, 1.165) is 37.4 Å². The van der Waals surface area contributed by atoms with Gasteiger partial charge in [0.1, 0.15) is 5.69 Å². The second-order valence-electron chi connectivity index (χ2n) is 8.92. The highest BCUT2D eigenvalue weighted by molar-refractivity contribution is 5.94. The van der Waals surface area contributed by atoms with Gasteiger partial charge in [-0.2, -0.15) is 5.10 Å². The number of piperazine rings is 1. The number of carbonyl (C=O) groups excluding carboxylic acids is 1. The normalized spacial score (nSPS) is 15.7. The summed E-state index contributed by atoms with van der Waals surface area (Å²) < 4.78 is 1.86. The molecule has 1 unspecified atom stereocenters. The third-order valence-corrected chi connectivity index (χ3v) is 6.66. The Morgan fingerprint density at radius 3 is 2.19 bits per heavy atom. The van der Waals surface area contributed by atoms with E-state index in [1.807, 2.05) is 22.6 Å². The van der Waals surface area contributed by atoms with Gasteiger partial charge in [0.15, 0.2) is 0 Å². The van der Waals surface area contributed by atoms with Crippen molar-refractivity contribution in [2.24, 2.45) is 0 Å². The quantitative estimate of drug-likeness (QED) is 0.571. The summed E-state index contributed by atoms with van der Waals surface area (Å²) in [7, 11) is 0. The smallest absolute Gasteiger partial charge is 0.272 e. The van der Waals surface area contributed by atoms with Gasteiger partial charge in [-0.25, -0.2) is 0 Å². The van der Waals surface area contributed by atoms with Crippen LogP contribution in [0.1, 0.15) is 52.6 Å². The third-order valence-electron chi connectivity index (χ3n) is 6.66. The van der Waals surface area contributed by atoms with Crippen LogP contribution >= 0.6 is 0 Å². The zero-order valence-corrected chi connectivity index (χ0v) is 19.9. The van der Waals surface area contributed by atoms with Crippen molar-refractivity contribution < 1.29 is 4.79 Å². The maximum atomic E-state index is 13.4. The molecule has 1 atom stereocenters. The highest BCUT2D eigenvalue weighted by Crippen LogP contribution is 2.29. The van der Waals surface area contributed by atoms with E-state index in [1.54, 1.807) is 0 Å². The topological polar surface area (TPSA) is 41.4 Å². The summed E-state index contributed by atoms with van der Waals surface area (Å²) in [6, 6.07) is 17.3. The van der Waals surface area contributed by atoms with E-state index in [1.165, 1.54) is 22.3 Å². The maximum Gasteiger partial charge on any atom is 0.272 e. The Bertz CT molecular complexity index is 1070. The Morgan fingerprint density at radius 2 is 1.59 bits per heavy atom. The van der Waals surface area contributed by atoms with Crippen molar-refractivity contribution >= 4 is 5.91 Å². The third kappa shape index (κ3) is 4.35. The first-order chi connectivity index (χ1) is 15.4. The van der Waals surface area contributed by atoms with Gasteiger partial charge in [0, 0.05) is 44.3 Å². The minimum Gasteiger partial charge on any atom is -0.335 e. The van der Waals surface area contributed by atoms with Crippen LogP contribution in [0.5, 0.6) is 0 Å². The van der Waals surface area contributed by atoms with Crippen molar-refractivity contribution in [3.63, 3.8) is 0 Å². The van der Waals surface area contributed by atoms with Crippen LogP contribution in [0.4, 0.5) is 0 Å². The van der Waals surface area contributed by atoms with Crippen molar-refractivity contribution in [1.29, 1.82) is 0 Å². The highest BCUT2D eigenvalue weighted by atomic mass is 16.2. The molecule has 32 heavy (non-hydrogen) atoms. The Labute approximate surface area is 191 Å². The SMILES string of the molecule is CCn1nc(-c2c(C)cc(C)cc2C)cc1C(=O)N1CCN(C(C)c2ccccc2)CC1. The number of carbonyl (C=O) groups is 1. The van der Waals surface area contributed by atoms with Crippen molar-refractivity contribution in [2.75, 3.05) is 26.2 Å². The van der Waals surface area contributed by atoms with Crippen LogP contribution in [-0.2, 0) is 6.54 Å². The minimum absolute atomic E-state index is 0.0834. The van der Waals surface area contributed by atoms with Gasteiger partial charge in [-0.15, -0.1) is 0 Å². The minimum atomic E-state index is 0.0834. The molecule has 0 radical (unpaired) electrons. The van der Waals surface area contributed by atoms with Crippen LogP contribution < -0.4 is 0 Å². The number of rotatable bonds is 5. The average Bonchev–Trinajstić information content (AvgIpc) is 3.22. The Balaban J connectivity index is 1.51. The first-order valence-corrected chi connectivity index (χ1v) is 11.6. The van der Waals surface area contributed by atoms with E-state index in [2.05, 4.69) is 75.1 Å². The Hall–Kier alpha value is -2.92. The van der Waals surface area contributed by atoms with E-state index < -0.39 is 0 Å². The molecule has 168 valence electrons. The molecule has 5 heteroatoms. The molecule has 4 rings (SSSR count). The average molecular weight is 431 g/mol. The molecular formula is C27H34N4O. The molecule has 0 spiro atoms. The van der Waals surface area contributed by atoms with Crippen LogP contribution in [0.2, 0.25) is 0 Å². The molecule has 0 bridgehead atoms. The number of hydrogen-bond acceptors (Lipinski definition) is 3. The summed E-state index contributed by atoms with van der Waals surface area (Å²) in [6.07, 6.45) is 0. The van der Waals surface area contributed by atoms with Crippen molar-refractivity contribution in [3.05, 3.63) is 76.5 Å². The van der Waals surface area contributed by atoms with E-state index in [-0.39, 0.29) is 5.91 Å². The molecule has 2 aromatic carbocycles. The fourth-order valence-electron chi connectivity index (χ4n) is 4.95. The molecule has 1 aliphatic heterocycles. The monoisotopic (exact) mass is 430 g/mol. The van der Waals surface area contributed by atoms with Gasteiger partial charge in [-0.1, -0.05) is 48.0 Å². The number of nitrogens with zero attached hydrogens (tertiary/aromatic N) is 4. The molecule has 3 aromatic rings. The van der Waals surface area contributed by atoms with Gasteiger partial charge < -0.3 is 4.90 Å². The number of hydrogen-bond donors (Lipinski definition) is 0. The summed E-state index contributed by atoms with van der Waals surface area (Å²) in [5, 5.41) is 4.81. The number of aryl methyl sites for hydroxylation is 4. The van der Waals surface area contributed by atoms with Crippen molar-refractivity contribution in [2.45, 2.75) is 47.2 Å². The van der Waals surface area contributed by atoms with E-state index in [0.29, 0.717) is 18.3 Å². The lowest BCUT2D eigenvalue weighted by atomic mass is 9.97. The lowest BCUT2D eigenvalue weighted by molar-refractivity contribution is 0.0570. The zero-order chi connectivity index (χ0) is 22.8. The van der Waals surface area contributed by atoms with Crippen LogP contribution in [0, 0.1) is 20.8 Å². The molecule has 1 aromatic heterocycles. The molecule has 0 aliphatic carbocycles. The van der Waals surface area contributed by atoms with E-state index >= 15 is 0 Å². The number of amides is 1. The van der Waals surface area contributed by atoms with Crippen molar-refractivity contribution in [3.8, 4) is 11.3 Å².